The van der Waals surface area contributed by atoms with Gasteiger partial charge >= 0.3 is 5.97 Å². The van der Waals surface area contributed by atoms with E-state index in [0.717, 1.165) is 69.9 Å². The Bertz CT molecular complexity index is 1040. The summed E-state index contributed by atoms with van der Waals surface area (Å²) in [5.41, 5.74) is 3.52. The Morgan fingerprint density at radius 2 is 1.63 bits per heavy atom. The third-order valence-electron chi connectivity index (χ3n) is 6.56. The van der Waals surface area contributed by atoms with Gasteiger partial charge in [0.25, 0.3) is 5.91 Å². The summed E-state index contributed by atoms with van der Waals surface area (Å²) in [5, 5.41) is 6.15. The molecule has 2 fully saturated rings. The van der Waals surface area contributed by atoms with Gasteiger partial charge in [-0.05, 0) is 73.8 Å². The number of benzene rings is 2. The van der Waals surface area contributed by atoms with E-state index in [4.69, 9.17) is 9.47 Å². The number of nitrogens with zero attached hydrogens (tertiary/aromatic N) is 1. The zero-order valence-corrected chi connectivity index (χ0v) is 20.2. The molecule has 2 aromatic rings. The van der Waals surface area contributed by atoms with E-state index in [1.54, 1.807) is 12.1 Å². The number of rotatable bonds is 6. The minimum atomic E-state index is -0.639. The Balaban J connectivity index is 1.34. The first-order valence-corrected chi connectivity index (χ1v) is 12.2. The fourth-order valence-electron chi connectivity index (χ4n) is 4.46. The van der Waals surface area contributed by atoms with Gasteiger partial charge in [0.2, 0.25) is 0 Å². The molecule has 35 heavy (non-hydrogen) atoms. The molecule has 2 aliphatic rings. The van der Waals surface area contributed by atoms with E-state index < -0.39 is 12.0 Å². The Morgan fingerprint density at radius 1 is 1.03 bits per heavy atom. The molecule has 0 bridgehead atoms. The minimum absolute atomic E-state index is 0.0676. The van der Waals surface area contributed by atoms with E-state index in [0.29, 0.717) is 5.56 Å². The van der Waals surface area contributed by atoms with Crippen LogP contribution in [0.25, 0.3) is 0 Å². The van der Waals surface area contributed by atoms with E-state index in [1.807, 2.05) is 24.3 Å². The number of carbonyl (C=O) groups excluding carboxylic acids is 2. The first-order chi connectivity index (χ1) is 17.1. The van der Waals surface area contributed by atoms with Crippen LogP contribution >= 0.6 is 0 Å². The third-order valence-corrected chi connectivity index (χ3v) is 6.56. The second kappa shape index (κ2) is 12.5. The molecule has 1 amide bonds. The molecule has 2 N–H and O–H groups in total. The van der Waals surface area contributed by atoms with Crippen molar-refractivity contribution >= 4 is 11.9 Å². The van der Waals surface area contributed by atoms with Gasteiger partial charge in [-0.1, -0.05) is 24.0 Å². The maximum atomic E-state index is 12.8. The lowest BCUT2D eigenvalue weighted by Crippen LogP contribution is -2.49. The van der Waals surface area contributed by atoms with Crippen molar-refractivity contribution in [2.45, 2.75) is 25.4 Å². The van der Waals surface area contributed by atoms with Crippen molar-refractivity contribution in [1.29, 1.82) is 0 Å². The Hall–Kier alpha value is -3.18. The summed E-state index contributed by atoms with van der Waals surface area (Å²) in [6.45, 7) is 6.13. The van der Waals surface area contributed by atoms with Gasteiger partial charge in [0.05, 0.1) is 20.3 Å². The van der Waals surface area contributed by atoms with Crippen LogP contribution in [0.2, 0.25) is 0 Å². The van der Waals surface area contributed by atoms with Crippen LogP contribution in [0.4, 0.5) is 0 Å². The largest absolute Gasteiger partial charge is 0.467 e. The van der Waals surface area contributed by atoms with Crippen LogP contribution in [0.5, 0.6) is 0 Å². The topological polar surface area (TPSA) is 79.9 Å². The summed E-state index contributed by atoms with van der Waals surface area (Å²) < 4.78 is 10.3. The number of hydrogen-bond acceptors (Lipinski definition) is 6. The highest BCUT2D eigenvalue weighted by molar-refractivity contribution is 5.97. The smallest absolute Gasteiger partial charge is 0.328 e. The molecule has 1 unspecified atom stereocenters. The van der Waals surface area contributed by atoms with Crippen molar-refractivity contribution in [3.8, 4) is 11.8 Å². The predicted octanol–water partition coefficient (Wildman–Crippen LogP) is 2.19. The number of piperidine rings is 1. The lowest BCUT2D eigenvalue weighted by molar-refractivity contribution is -0.144. The zero-order chi connectivity index (χ0) is 24.5. The third kappa shape index (κ3) is 7.15. The molecule has 1 atom stereocenters. The van der Waals surface area contributed by atoms with Crippen LogP contribution in [0.3, 0.4) is 0 Å². The highest BCUT2D eigenvalue weighted by Crippen LogP contribution is 2.18. The van der Waals surface area contributed by atoms with E-state index in [9.17, 15) is 9.59 Å². The summed E-state index contributed by atoms with van der Waals surface area (Å²) in [5.74, 6) is 5.73. The standard InChI is InChI=1S/C28H33N3O4/c1-34-28(33)26(24-12-14-29-15-13-24)30-27(32)25-10-8-22(9-11-25)3-2-21-4-6-23(7-5-21)20-31-16-18-35-19-17-31/h4-11,24,26,29H,12-20H2,1H3,(H,30,32). The first kappa shape index (κ1) is 24.9. The molecule has 2 saturated heterocycles. The molecule has 0 spiro atoms. The fourth-order valence-corrected chi connectivity index (χ4v) is 4.46. The summed E-state index contributed by atoms with van der Waals surface area (Å²) in [7, 11) is 1.35. The van der Waals surface area contributed by atoms with Gasteiger partial charge in [-0.3, -0.25) is 9.69 Å². The van der Waals surface area contributed by atoms with E-state index in [2.05, 4.69) is 39.5 Å². The monoisotopic (exact) mass is 475 g/mol. The molecule has 2 aliphatic heterocycles. The molecule has 4 rings (SSSR count). The summed E-state index contributed by atoms with van der Waals surface area (Å²) >= 11 is 0. The SMILES string of the molecule is COC(=O)C(NC(=O)c1ccc(C#Cc2ccc(CN3CCOCC3)cc2)cc1)C1CCNCC1. The number of carbonyl (C=O) groups is 2. The van der Waals surface area contributed by atoms with Gasteiger partial charge in [0.15, 0.2) is 0 Å². The Labute approximate surface area is 207 Å². The van der Waals surface area contributed by atoms with Crippen LogP contribution in [-0.4, -0.2) is 69.3 Å². The summed E-state index contributed by atoms with van der Waals surface area (Å²) in [4.78, 5) is 27.5. The van der Waals surface area contributed by atoms with Crippen molar-refractivity contribution in [2.75, 3.05) is 46.5 Å². The van der Waals surface area contributed by atoms with Crippen molar-refractivity contribution in [3.63, 3.8) is 0 Å². The van der Waals surface area contributed by atoms with Gasteiger partial charge in [-0.25, -0.2) is 4.79 Å². The molecule has 2 aromatic carbocycles. The van der Waals surface area contributed by atoms with Crippen molar-refractivity contribution < 1.29 is 19.1 Å². The Kier molecular flexibility index (Phi) is 8.90. The van der Waals surface area contributed by atoms with Crippen molar-refractivity contribution in [1.82, 2.24) is 15.5 Å². The molecule has 0 aromatic heterocycles. The molecule has 2 heterocycles. The number of nitrogens with one attached hydrogen (secondary N) is 2. The minimum Gasteiger partial charge on any atom is -0.467 e. The molecule has 0 radical (unpaired) electrons. The second-order valence-corrected chi connectivity index (χ2v) is 8.97. The number of amides is 1. The molecule has 7 nitrogen and oxygen atoms in total. The van der Waals surface area contributed by atoms with Gasteiger partial charge in [-0.15, -0.1) is 0 Å². The maximum Gasteiger partial charge on any atom is 0.328 e. The van der Waals surface area contributed by atoms with Crippen LogP contribution in [0.15, 0.2) is 48.5 Å². The van der Waals surface area contributed by atoms with Gasteiger partial charge in [-0.2, -0.15) is 0 Å². The number of ether oxygens (including phenoxy) is 2. The number of esters is 1. The molecule has 7 heteroatoms. The van der Waals surface area contributed by atoms with E-state index in [-0.39, 0.29) is 11.8 Å². The van der Waals surface area contributed by atoms with Crippen LogP contribution < -0.4 is 10.6 Å². The number of morpholine rings is 1. The van der Waals surface area contributed by atoms with Crippen LogP contribution in [0.1, 0.15) is 39.9 Å². The van der Waals surface area contributed by atoms with Crippen molar-refractivity contribution in [3.05, 3.63) is 70.8 Å². The average Bonchev–Trinajstić information content (AvgIpc) is 2.92. The van der Waals surface area contributed by atoms with E-state index in [1.165, 1.54) is 12.7 Å². The predicted molar refractivity (Wildman–Crippen MR) is 134 cm³/mol. The zero-order valence-electron chi connectivity index (χ0n) is 20.2. The van der Waals surface area contributed by atoms with E-state index >= 15 is 0 Å². The lowest BCUT2D eigenvalue weighted by atomic mass is 9.90. The first-order valence-electron chi connectivity index (χ1n) is 12.2. The Morgan fingerprint density at radius 3 is 2.23 bits per heavy atom. The fraction of sp³-hybridized carbons (Fsp3) is 0.429. The maximum absolute atomic E-state index is 12.8. The van der Waals surface area contributed by atoms with Crippen molar-refractivity contribution in [2.24, 2.45) is 5.92 Å². The highest BCUT2D eigenvalue weighted by Gasteiger charge is 2.31. The van der Waals surface area contributed by atoms with Crippen LogP contribution in [-0.2, 0) is 20.8 Å². The summed E-state index contributed by atoms with van der Waals surface area (Å²) in [6.07, 6.45) is 1.64. The van der Waals surface area contributed by atoms with Gasteiger partial charge in [0.1, 0.15) is 6.04 Å². The lowest BCUT2D eigenvalue weighted by Gasteiger charge is -2.29. The summed E-state index contributed by atoms with van der Waals surface area (Å²) in [6, 6.07) is 14.8. The molecule has 0 aliphatic carbocycles. The molecular weight excluding hydrogens is 442 g/mol. The molecular formula is C28H33N3O4. The normalized spacial score (nSPS) is 17.6. The number of hydrogen-bond donors (Lipinski definition) is 2. The second-order valence-electron chi connectivity index (χ2n) is 8.97. The highest BCUT2D eigenvalue weighted by atomic mass is 16.5. The molecule has 184 valence electrons. The van der Waals surface area contributed by atoms with Crippen LogP contribution in [0, 0.1) is 17.8 Å². The van der Waals surface area contributed by atoms with Gasteiger partial charge in [0, 0.05) is 36.3 Å². The average molecular weight is 476 g/mol. The van der Waals surface area contributed by atoms with Gasteiger partial charge < -0.3 is 20.1 Å². The quantitative estimate of drug-likeness (QED) is 0.493. The molecule has 0 saturated carbocycles. The number of methoxy groups -OCH3 is 1.